The summed E-state index contributed by atoms with van der Waals surface area (Å²) in [6.07, 6.45) is 18.5. The first-order valence-corrected chi connectivity index (χ1v) is 8.27. The predicted molar refractivity (Wildman–Crippen MR) is 82.2 cm³/mol. The van der Waals surface area contributed by atoms with Crippen LogP contribution in [0.5, 0.6) is 0 Å². The summed E-state index contributed by atoms with van der Waals surface area (Å²) in [7, 11) is 2.12. The van der Waals surface area contributed by atoms with Crippen LogP contribution in [-0.2, 0) is 13.6 Å². The lowest BCUT2D eigenvalue weighted by atomic mass is 10.1. The molecule has 1 rings (SSSR count). The van der Waals surface area contributed by atoms with E-state index < -0.39 is 0 Å². The minimum absolute atomic E-state index is 0. The molecule has 20 heavy (non-hydrogen) atoms. The number of hydrogen-bond acceptors (Lipinski definition) is 0. The van der Waals surface area contributed by atoms with Crippen molar-refractivity contribution in [3.8, 4) is 0 Å². The van der Waals surface area contributed by atoms with Gasteiger partial charge in [-0.25, -0.2) is 9.13 Å². The maximum Gasteiger partial charge on any atom is 0.253 e. The fourth-order valence-corrected chi connectivity index (χ4v) is 2.60. The minimum atomic E-state index is 0. The van der Waals surface area contributed by atoms with Crippen molar-refractivity contribution in [1.29, 1.82) is 0 Å². The van der Waals surface area contributed by atoms with E-state index in [1.54, 1.807) is 0 Å². The average molecular weight is 301 g/mol. The van der Waals surface area contributed by atoms with Crippen LogP contribution < -0.4 is 17.0 Å². The highest BCUT2D eigenvalue weighted by Crippen LogP contribution is 2.11. The van der Waals surface area contributed by atoms with Gasteiger partial charge in [0, 0.05) is 6.92 Å². The molecule has 1 aromatic rings. The normalized spacial score (nSPS) is 10.6. The number of unbranched alkanes of at least 4 members (excludes halogenated alkanes) is 9. The molecule has 0 spiro atoms. The van der Waals surface area contributed by atoms with E-state index in [0.29, 0.717) is 0 Å². The minimum Gasteiger partial charge on any atom is -1.00 e. The first-order valence-electron chi connectivity index (χ1n) is 8.27. The molecule has 0 amide bonds. The standard InChI is InChI=1S/C17H33N2.ClH/c1-4-5-6-7-8-9-10-11-12-13-14-19-16-15-18(3)17(19)2;/h15-16H,4-14H2,1-3H3;1H/q+1;/p-1. The van der Waals surface area contributed by atoms with Gasteiger partial charge in [-0.05, 0) is 12.8 Å². The van der Waals surface area contributed by atoms with E-state index in [1.807, 2.05) is 0 Å². The molecule has 0 saturated heterocycles. The third-order valence-electron chi connectivity index (χ3n) is 4.15. The first-order chi connectivity index (χ1) is 9.25. The summed E-state index contributed by atoms with van der Waals surface area (Å²) in [5.74, 6) is 1.36. The summed E-state index contributed by atoms with van der Waals surface area (Å²) >= 11 is 0. The Labute approximate surface area is 132 Å². The summed E-state index contributed by atoms with van der Waals surface area (Å²) in [5.41, 5.74) is 0. The van der Waals surface area contributed by atoms with Gasteiger partial charge < -0.3 is 12.4 Å². The SMILES string of the molecule is CCCCCCCCCCCCn1cc[n+](C)c1C.[Cl-]. The van der Waals surface area contributed by atoms with E-state index in [0.717, 1.165) is 0 Å². The van der Waals surface area contributed by atoms with E-state index in [9.17, 15) is 0 Å². The quantitative estimate of drug-likeness (QED) is 0.433. The number of aryl methyl sites for hydroxylation is 2. The fraction of sp³-hybridized carbons (Fsp3) is 0.824. The summed E-state index contributed by atoms with van der Waals surface area (Å²) in [6, 6.07) is 0. The van der Waals surface area contributed by atoms with E-state index >= 15 is 0 Å². The van der Waals surface area contributed by atoms with E-state index in [4.69, 9.17) is 0 Å². The molecule has 0 aromatic carbocycles. The molecule has 118 valence electrons. The molecule has 0 atom stereocenters. The predicted octanol–water partition coefficient (Wildman–Crippen LogP) is 1.55. The molecule has 0 bridgehead atoms. The van der Waals surface area contributed by atoms with Crippen LogP contribution in [0.1, 0.15) is 77.0 Å². The van der Waals surface area contributed by atoms with Crippen molar-refractivity contribution in [2.24, 2.45) is 7.05 Å². The van der Waals surface area contributed by atoms with Gasteiger partial charge in [-0.15, -0.1) is 0 Å². The van der Waals surface area contributed by atoms with Crippen LogP contribution in [0.15, 0.2) is 12.4 Å². The molecule has 0 unspecified atom stereocenters. The lowest BCUT2D eigenvalue weighted by Crippen LogP contribution is -3.00. The van der Waals surface area contributed by atoms with Gasteiger partial charge in [-0.1, -0.05) is 58.3 Å². The molecular formula is C17H33ClN2. The lowest BCUT2D eigenvalue weighted by molar-refractivity contribution is -0.677. The highest BCUT2D eigenvalue weighted by Gasteiger charge is 2.07. The van der Waals surface area contributed by atoms with Crippen LogP contribution in [0.2, 0.25) is 0 Å². The Morgan fingerprint density at radius 1 is 0.900 bits per heavy atom. The molecule has 0 aliphatic carbocycles. The third kappa shape index (κ3) is 7.94. The maximum atomic E-state index is 2.37. The zero-order valence-electron chi connectivity index (χ0n) is 13.7. The zero-order chi connectivity index (χ0) is 13.9. The molecule has 1 heterocycles. The van der Waals surface area contributed by atoms with Gasteiger partial charge in [0.05, 0.1) is 13.6 Å². The Kier molecular flexibility index (Phi) is 12.0. The second-order valence-electron chi connectivity index (χ2n) is 5.83. The van der Waals surface area contributed by atoms with Crippen LogP contribution >= 0.6 is 0 Å². The van der Waals surface area contributed by atoms with Crippen LogP contribution in [-0.4, -0.2) is 4.57 Å². The van der Waals surface area contributed by atoms with Gasteiger partial charge in [0.25, 0.3) is 5.82 Å². The Morgan fingerprint density at radius 2 is 1.40 bits per heavy atom. The van der Waals surface area contributed by atoms with Crippen LogP contribution in [0.25, 0.3) is 0 Å². The van der Waals surface area contributed by atoms with Crippen molar-refractivity contribution in [3.63, 3.8) is 0 Å². The Hall–Kier alpha value is -0.500. The highest BCUT2D eigenvalue weighted by atomic mass is 35.5. The largest absolute Gasteiger partial charge is 1.00 e. The second-order valence-corrected chi connectivity index (χ2v) is 5.83. The monoisotopic (exact) mass is 300 g/mol. The lowest BCUT2D eigenvalue weighted by Gasteiger charge is -2.02. The maximum absolute atomic E-state index is 2.37. The molecule has 0 aliphatic rings. The summed E-state index contributed by atoms with van der Waals surface area (Å²) < 4.78 is 4.56. The number of imidazole rings is 1. The number of hydrogen-bond donors (Lipinski definition) is 0. The Balaban J connectivity index is 0.00000361. The van der Waals surface area contributed by atoms with Gasteiger partial charge >= 0.3 is 0 Å². The van der Waals surface area contributed by atoms with Crippen LogP contribution in [0.3, 0.4) is 0 Å². The third-order valence-corrected chi connectivity index (χ3v) is 4.15. The molecule has 0 radical (unpaired) electrons. The van der Waals surface area contributed by atoms with Crippen molar-refractivity contribution in [1.82, 2.24) is 4.57 Å². The van der Waals surface area contributed by atoms with Gasteiger partial charge in [-0.3, -0.25) is 0 Å². The molecule has 0 N–H and O–H groups in total. The van der Waals surface area contributed by atoms with Crippen molar-refractivity contribution in [3.05, 3.63) is 18.2 Å². The van der Waals surface area contributed by atoms with Gasteiger partial charge in [0.1, 0.15) is 12.4 Å². The van der Waals surface area contributed by atoms with Crippen LogP contribution in [0.4, 0.5) is 0 Å². The van der Waals surface area contributed by atoms with Crippen molar-refractivity contribution in [2.75, 3.05) is 0 Å². The summed E-state index contributed by atoms with van der Waals surface area (Å²) in [4.78, 5) is 0. The molecule has 0 fully saturated rings. The number of halogens is 1. The van der Waals surface area contributed by atoms with Gasteiger partial charge in [-0.2, -0.15) is 0 Å². The Morgan fingerprint density at radius 3 is 1.85 bits per heavy atom. The van der Waals surface area contributed by atoms with E-state index in [2.05, 4.69) is 42.4 Å². The summed E-state index contributed by atoms with van der Waals surface area (Å²) in [5, 5.41) is 0. The smallest absolute Gasteiger partial charge is 0.253 e. The summed E-state index contributed by atoms with van der Waals surface area (Å²) in [6.45, 7) is 5.66. The fourth-order valence-electron chi connectivity index (χ4n) is 2.60. The molecule has 2 nitrogen and oxygen atoms in total. The van der Waals surface area contributed by atoms with Gasteiger partial charge in [0.2, 0.25) is 0 Å². The topological polar surface area (TPSA) is 8.81 Å². The van der Waals surface area contributed by atoms with Crippen molar-refractivity contribution >= 4 is 0 Å². The number of aromatic nitrogens is 2. The number of nitrogens with zero attached hydrogens (tertiary/aromatic N) is 2. The van der Waals surface area contributed by atoms with Gasteiger partial charge in [0.15, 0.2) is 0 Å². The van der Waals surface area contributed by atoms with Crippen molar-refractivity contribution in [2.45, 2.75) is 84.6 Å². The Bertz CT molecular complexity index is 334. The first kappa shape index (κ1) is 19.5. The van der Waals surface area contributed by atoms with Crippen LogP contribution in [0, 0.1) is 6.92 Å². The molecular weight excluding hydrogens is 268 g/mol. The zero-order valence-corrected chi connectivity index (χ0v) is 14.5. The molecule has 0 saturated carbocycles. The highest BCUT2D eigenvalue weighted by molar-refractivity contribution is 4.78. The van der Waals surface area contributed by atoms with Crippen molar-refractivity contribution < 1.29 is 17.0 Å². The molecule has 3 heteroatoms. The number of rotatable bonds is 11. The molecule has 1 aromatic heterocycles. The van der Waals surface area contributed by atoms with E-state index in [1.165, 1.54) is 76.6 Å². The van der Waals surface area contributed by atoms with E-state index in [-0.39, 0.29) is 12.4 Å². The average Bonchev–Trinajstić information content (AvgIpc) is 2.73. The second kappa shape index (κ2) is 12.3. The molecule has 0 aliphatic heterocycles.